The van der Waals surface area contributed by atoms with Gasteiger partial charge in [-0.2, -0.15) is 0 Å². The lowest BCUT2D eigenvalue weighted by Crippen LogP contribution is -2.51. The highest BCUT2D eigenvalue weighted by atomic mass is 15.2. The Balaban J connectivity index is 2.18. The van der Waals surface area contributed by atoms with Crippen LogP contribution in [-0.4, -0.2) is 41.0 Å². The first-order valence-corrected chi connectivity index (χ1v) is 5.42. The molecule has 1 aliphatic rings. The van der Waals surface area contributed by atoms with Gasteiger partial charge in [0.2, 0.25) is 0 Å². The SMILES string of the molecule is CC(C)(c1cncnc1)N1CCNCC1. The maximum Gasteiger partial charge on any atom is 0.115 e. The molecule has 0 aromatic carbocycles. The Morgan fingerprint density at radius 3 is 2.40 bits per heavy atom. The molecule has 1 N–H and O–H groups in total. The van der Waals surface area contributed by atoms with Gasteiger partial charge >= 0.3 is 0 Å². The topological polar surface area (TPSA) is 41.1 Å². The van der Waals surface area contributed by atoms with Crippen LogP contribution in [0.1, 0.15) is 19.4 Å². The van der Waals surface area contributed by atoms with E-state index in [2.05, 4.69) is 34.0 Å². The van der Waals surface area contributed by atoms with Crippen molar-refractivity contribution in [2.24, 2.45) is 0 Å². The van der Waals surface area contributed by atoms with E-state index in [-0.39, 0.29) is 5.54 Å². The van der Waals surface area contributed by atoms with Gasteiger partial charge in [-0.1, -0.05) is 0 Å². The summed E-state index contributed by atoms with van der Waals surface area (Å²) < 4.78 is 0. The molecule has 82 valence electrons. The average Bonchev–Trinajstić information content (AvgIpc) is 2.31. The second kappa shape index (κ2) is 4.24. The van der Waals surface area contributed by atoms with Crippen molar-refractivity contribution < 1.29 is 0 Å². The van der Waals surface area contributed by atoms with Gasteiger partial charge in [0.25, 0.3) is 0 Å². The number of rotatable bonds is 2. The first-order chi connectivity index (χ1) is 7.21. The lowest BCUT2D eigenvalue weighted by molar-refractivity contribution is 0.102. The highest BCUT2D eigenvalue weighted by molar-refractivity contribution is 5.15. The molecule has 2 heterocycles. The molecule has 1 aromatic rings. The standard InChI is InChI=1S/C11H18N4/c1-11(2,10-7-13-9-14-8-10)15-5-3-12-4-6-15/h7-9,12H,3-6H2,1-2H3. The van der Waals surface area contributed by atoms with Crippen LogP contribution in [0.4, 0.5) is 0 Å². The smallest absolute Gasteiger partial charge is 0.115 e. The highest BCUT2D eigenvalue weighted by Crippen LogP contribution is 2.26. The third-order valence-corrected chi connectivity index (χ3v) is 3.17. The minimum atomic E-state index is 0.0311. The lowest BCUT2D eigenvalue weighted by Gasteiger charge is -2.41. The molecule has 0 aliphatic carbocycles. The summed E-state index contributed by atoms with van der Waals surface area (Å²) in [5.74, 6) is 0. The van der Waals surface area contributed by atoms with Crippen molar-refractivity contribution in [2.75, 3.05) is 26.2 Å². The van der Waals surface area contributed by atoms with Crippen LogP contribution in [0.3, 0.4) is 0 Å². The van der Waals surface area contributed by atoms with Gasteiger partial charge in [0, 0.05) is 49.7 Å². The van der Waals surface area contributed by atoms with Crippen molar-refractivity contribution in [3.8, 4) is 0 Å². The van der Waals surface area contributed by atoms with E-state index >= 15 is 0 Å². The Labute approximate surface area is 90.7 Å². The maximum atomic E-state index is 4.09. The molecule has 15 heavy (non-hydrogen) atoms. The Hall–Kier alpha value is -1.00. The molecule has 0 saturated carbocycles. The van der Waals surface area contributed by atoms with E-state index < -0.39 is 0 Å². The first-order valence-electron chi connectivity index (χ1n) is 5.42. The molecule has 0 unspecified atom stereocenters. The van der Waals surface area contributed by atoms with Gasteiger partial charge in [0.1, 0.15) is 6.33 Å². The molecule has 0 radical (unpaired) electrons. The van der Waals surface area contributed by atoms with Crippen LogP contribution in [0.5, 0.6) is 0 Å². The average molecular weight is 206 g/mol. The summed E-state index contributed by atoms with van der Waals surface area (Å²) in [6.45, 7) is 8.77. The number of hydrogen-bond acceptors (Lipinski definition) is 4. The summed E-state index contributed by atoms with van der Waals surface area (Å²) >= 11 is 0. The Morgan fingerprint density at radius 2 is 1.80 bits per heavy atom. The summed E-state index contributed by atoms with van der Waals surface area (Å²) in [6.07, 6.45) is 5.40. The zero-order valence-electron chi connectivity index (χ0n) is 9.40. The van der Waals surface area contributed by atoms with Crippen LogP contribution in [0.2, 0.25) is 0 Å². The van der Waals surface area contributed by atoms with Crippen LogP contribution in [0, 0.1) is 0 Å². The van der Waals surface area contributed by atoms with Gasteiger partial charge in [-0.3, -0.25) is 4.90 Å². The second-order valence-corrected chi connectivity index (χ2v) is 4.42. The summed E-state index contributed by atoms with van der Waals surface area (Å²) in [7, 11) is 0. The quantitative estimate of drug-likeness (QED) is 0.770. The normalized spacial score (nSPS) is 19.1. The molecule has 0 atom stereocenters. The van der Waals surface area contributed by atoms with E-state index in [1.165, 1.54) is 5.56 Å². The minimum absolute atomic E-state index is 0.0311. The molecule has 4 nitrogen and oxygen atoms in total. The molecule has 1 aromatic heterocycles. The zero-order valence-corrected chi connectivity index (χ0v) is 9.40. The van der Waals surface area contributed by atoms with Gasteiger partial charge in [-0.05, 0) is 13.8 Å². The Morgan fingerprint density at radius 1 is 1.20 bits per heavy atom. The van der Waals surface area contributed by atoms with Crippen molar-refractivity contribution in [2.45, 2.75) is 19.4 Å². The number of piperazine rings is 1. The van der Waals surface area contributed by atoms with E-state index in [1.807, 2.05) is 12.4 Å². The van der Waals surface area contributed by atoms with Gasteiger partial charge in [0.05, 0.1) is 0 Å². The van der Waals surface area contributed by atoms with Gasteiger partial charge in [-0.15, -0.1) is 0 Å². The van der Waals surface area contributed by atoms with Gasteiger partial charge < -0.3 is 5.32 Å². The predicted octanol–water partition coefficient (Wildman–Crippen LogP) is 0.617. The van der Waals surface area contributed by atoms with E-state index in [0.29, 0.717) is 0 Å². The maximum absolute atomic E-state index is 4.09. The van der Waals surface area contributed by atoms with Crippen LogP contribution in [0.25, 0.3) is 0 Å². The monoisotopic (exact) mass is 206 g/mol. The molecule has 1 aliphatic heterocycles. The summed E-state index contributed by atoms with van der Waals surface area (Å²) in [4.78, 5) is 10.7. The van der Waals surface area contributed by atoms with Gasteiger partial charge in [0.15, 0.2) is 0 Å². The van der Waals surface area contributed by atoms with E-state index in [1.54, 1.807) is 6.33 Å². The summed E-state index contributed by atoms with van der Waals surface area (Å²) in [6, 6.07) is 0. The predicted molar refractivity (Wildman–Crippen MR) is 59.5 cm³/mol. The van der Waals surface area contributed by atoms with E-state index in [4.69, 9.17) is 0 Å². The number of nitrogens with zero attached hydrogens (tertiary/aromatic N) is 3. The fourth-order valence-corrected chi connectivity index (χ4v) is 2.02. The fourth-order valence-electron chi connectivity index (χ4n) is 2.02. The second-order valence-electron chi connectivity index (χ2n) is 4.42. The minimum Gasteiger partial charge on any atom is -0.314 e. The third kappa shape index (κ3) is 2.16. The highest BCUT2D eigenvalue weighted by Gasteiger charge is 2.29. The van der Waals surface area contributed by atoms with Crippen molar-refractivity contribution in [3.63, 3.8) is 0 Å². The van der Waals surface area contributed by atoms with Crippen LogP contribution >= 0.6 is 0 Å². The van der Waals surface area contributed by atoms with Crippen molar-refractivity contribution >= 4 is 0 Å². The molecule has 1 fully saturated rings. The summed E-state index contributed by atoms with van der Waals surface area (Å²) in [5, 5.41) is 3.37. The Kier molecular flexibility index (Phi) is 2.98. The molecule has 0 spiro atoms. The van der Waals surface area contributed by atoms with Crippen LogP contribution < -0.4 is 5.32 Å². The fraction of sp³-hybridized carbons (Fsp3) is 0.636. The first kappa shape index (κ1) is 10.5. The number of nitrogens with one attached hydrogen (secondary N) is 1. The van der Waals surface area contributed by atoms with Crippen molar-refractivity contribution in [1.29, 1.82) is 0 Å². The largest absolute Gasteiger partial charge is 0.314 e. The van der Waals surface area contributed by atoms with Crippen molar-refractivity contribution in [3.05, 3.63) is 24.3 Å². The third-order valence-electron chi connectivity index (χ3n) is 3.17. The van der Waals surface area contributed by atoms with Gasteiger partial charge in [-0.25, -0.2) is 9.97 Å². The number of aromatic nitrogens is 2. The molecule has 2 rings (SSSR count). The molecular weight excluding hydrogens is 188 g/mol. The Bertz CT molecular complexity index is 304. The van der Waals surface area contributed by atoms with Crippen molar-refractivity contribution in [1.82, 2.24) is 20.2 Å². The molecule has 1 saturated heterocycles. The molecule has 0 bridgehead atoms. The van der Waals surface area contributed by atoms with E-state index in [0.717, 1.165) is 26.2 Å². The van der Waals surface area contributed by atoms with Crippen LogP contribution in [0.15, 0.2) is 18.7 Å². The zero-order chi connectivity index (χ0) is 10.7. The lowest BCUT2D eigenvalue weighted by atomic mass is 9.94. The van der Waals surface area contributed by atoms with E-state index in [9.17, 15) is 0 Å². The molecule has 4 heteroatoms. The van der Waals surface area contributed by atoms with Crippen LogP contribution in [-0.2, 0) is 5.54 Å². The molecular formula is C11H18N4. The molecule has 0 amide bonds. The summed E-state index contributed by atoms with van der Waals surface area (Å²) in [5.41, 5.74) is 1.22. The number of hydrogen-bond donors (Lipinski definition) is 1.